The number of nitrogens with zero attached hydrogens (tertiary/aromatic N) is 3. The van der Waals surface area contributed by atoms with E-state index in [1.165, 1.54) is 30.4 Å². The first kappa shape index (κ1) is 33.1. The number of methoxy groups -OCH3 is 2. The summed E-state index contributed by atoms with van der Waals surface area (Å²) >= 11 is 0. The molecule has 4 heterocycles. The number of carbonyl (C=O) groups excluding carboxylic acids is 2. The second-order valence-corrected chi connectivity index (χ2v) is 11.1. The van der Waals surface area contributed by atoms with Crippen molar-refractivity contribution < 1.29 is 37.0 Å². The summed E-state index contributed by atoms with van der Waals surface area (Å²) in [6, 6.07) is 3.80. The summed E-state index contributed by atoms with van der Waals surface area (Å²) in [5.74, 6) is -0.257. The fourth-order valence-corrected chi connectivity index (χ4v) is 5.18. The minimum atomic E-state index is -4.68. The van der Waals surface area contributed by atoms with Crippen molar-refractivity contribution in [2.24, 2.45) is 11.8 Å². The van der Waals surface area contributed by atoms with Crippen molar-refractivity contribution in [1.29, 1.82) is 0 Å². The third-order valence-electron chi connectivity index (χ3n) is 7.63. The monoisotopic (exact) mass is 594 g/mol. The van der Waals surface area contributed by atoms with E-state index in [1.807, 2.05) is 20.0 Å². The van der Waals surface area contributed by atoms with Gasteiger partial charge in [0.15, 0.2) is 6.61 Å². The number of alkyl halides is 3. The van der Waals surface area contributed by atoms with Crippen LogP contribution in [0.1, 0.15) is 74.1 Å². The van der Waals surface area contributed by atoms with Gasteiger partial charge < -0.3 is 24.4 Å². The number of amides is 1. The molecule has 232 valence electrons. The lowest BCUT2D eigenvalue weighted by Gasteiger charge is -2.38. The molecule has 2 fully saturated rings. The molecule has 0 aliphatic carbocycles. The number of carbonyl (C=O) groups is 2. The Hall–Kier alpha value is -3.41. The van der Waals surface area contributed by atoms with Crippen molar-refractivity contribution in [1.82, 2.24) is 20.2 Å². The van der Waals surface area contributed by atoms with E-state index < -0.39 is 30.7 Å². The average Bonchev–Trinajstić information content (AvgIpc) is 2.96. The van der Waals surface area contributed by atoms with Crippen molar-refractivity contribution in [2.45, 2.75) is 71.6 Å². The van der Waals surface area contributed by atoms with Crippen molar-refractivity contribution in [3.63, 3.8) is 0 Å². The van der Waals surface area contributed by atoms with E-state index in [0.29, 0.717) is 29.5 Å². The third kappa shape index (κ3) is 9.04. The highest BCUT2D eigenvalue weighted by atomic mass is 19.4. The van der Waals surface area contributed by atoms with Gasteiger partial charge in [-0.2, -0.15) is 13.2 Å². The lowest BCUT2D eigenvalue weighted by atomic mass is 9.90. The second-order valence-electron chi connectivity index (χ2n) is 11.1. The maximum Gasteiger partial charge on any atom is 0.422 e. The van der Waals surface area contributed by atoms with E-state index in [4.69, 9.17) is 9.47 Å². The first-order valence-electron chi connectivity index (χ1n) is 14.1. The molecule has 0 bridgehead atoms. The van der Waals surface area contributed by atoms with E-state index in [9.17, 15) is 22.8 Å². The number of pyridine rings is 2. The minimum Gasteiger partial charge on any atom is -0.495 e. The first-order valence-corrected chi connectivity index (χ1v) is 14.1. The summed E-state index contributed by atoms with van der Waals surface area (Å²) in [5, 5.41) is 3.56. The Balaban J connectivity index is 0.000000258. The maximum atomic E-state index is 12.4. The van der Waals surface area contributed by atoms with Crippen LogP contribution in [-0.2, 0) is 14.3 Å². The Morgan fingerprint density at radius 2 is 1.50 bits per heavy atom. The summed E-state index contributed by atoms with van der Waals surface area (Å²) in [7, 11) is 3.19. The molecule has 42 heavy (non-hydrogen) atoms. The zero-order valence-electron chi connectivity index (χ0n) is 25.1. The lowest BCUT2D eigenvalue weighted by Crippen LogP contribution is -2.45. The van der Waals surface area contributed by atoms with Gasteiger partial charge >= 0.3 is 18.1 Å². The molecule has 2 aliphatic heterocycles. The minimum absolute atomic E-state index is 0.117. The Morgan fingerprint density at radius 3 is 2.05 bits per heavy atom. The van der Waals surface area contributed by atoms with Gasteiger partial charge in [-0.1, -0.05) is 13.8 Å². The van der Waals surface area contributed by atoms with Gasteiger partial charge in [-0.15, -0.1) is 0 Å². The van der Waals surface area contributed by atoms with Crippen LogP contribution >= 0.6 is 0 Å². The number of halogens is 3. The molecule has 2 saturated heterocycles. The molecule has 9 nitrogen and oxygen atoms in total. The largest absolute Gasteiger partial charge is 0.495 e. The molecule has 0 aromatic carbocycles. The maximum absolute atomic E-state index is 12.4. The fraction of sp³-hybridized carbons (Fsp3) is 0.600. The second kappa shape index (κ2) is 14.7. The molecule has 0 radical (unpaired) electrons. The number of nitrogens with one attached hydrogen (secondary N) is 1. The molecule has 0 saturated carbocycles. The molecule has 1 amide bonds. The van der Waals surface area contributed by atoms with E-state index in [1.54, 1.807) is 26.3 Å². The number of esters is 1. The van der Waals surface area contributed by atoms with E-state index in [2.05, 4.69) is 33.0 Å². The highest BCUT2D eigenvalue weighted by molar-refractivity contribution is 6.32. The zero-order chi connectivity index (χ0) is 31.0. The van der Waals surface area contributed by atoms with Gasteiger partial charge in [0.25, 0.3) is 0 Å². The van der Waals surface area contributed by atoms with Gasteiger partial charge in [0.2, 0.25) is 0 Å². The van der Waals surface area contributed by atoms with Crippen molar-refractivity contribution in [3.05, 3.63) is 47.0 Å². The van der Waals surface area contributed by atoms with Gasteiger partial charge in [0, 0.05) is 25.0 Å². The number of piperidine rings is 2. The molecule has 4 rings (SSSR count). The van der Waals surface area contributed by atoms with Crippen LogP contribution in [0, 0.1) is 25.7 Å². The van der Waals surface area contributed by atoms with Gasteiger partial charge in [0.05, 0.1) is 31.6 Å². The van der Waals surface area contributed by atoms with Crippen LogP contribution in [0.5, 0.6) is 11.5 Å². The predicted molar refractivity (Wildman–Crippen MR) is 150 cm³/mol. The van der Waals surface area contributed by atoms with Gasteiger partial charge in [-0.25, -0.2) is 4.79 Å². The lowest BCUT2D eigenvalue weighted by molar-refractivity contribution is -0.190. The Labute approximate surface area is 245 Å². The molecule has 2 aliphatic rings. The third-order valence-corrected chi connectivity index (χ3v) is 7.63. The standard InChI is InChI=1S/C17H21F3N2O4.C13H20N2O/c1-10-4-5-13(12-6-14(25-3)11(2)21-7-12)22(8-10)15(23)16(24)26-9-17(18,19)20;1-9-4-5-12(15-7-9)11-6-13(16-3)10(2)14-8-11/h6-7,10,13H,4-5,8-9H2,1-3H3;6,8-9,12,15H,4-5,7H2,1-3H3. The summed E-state index contributed by atoms with van der Waals surface area (Å²) in [6.07, 6.45) is 2.71. The van der Waals surface area contributed by atoms with Crippen LogP contribution in [-0.4, -0.2) is 66.8 Å². The van der Waals surface area contributed by atoms with Crippen LogP contribution in [0.25, 0.3) is 0 Å². The van der Waals surface area contributed by atoms with Crippen LogP contribution in [0.4, 0.5) is 13.2 Å². The van der Waals surface area contributed by atoms with Crippen LogP contribution < -0.4 is 14.8 Å². The average molecular weight is 595 g/mol. The molecular weight excluding hydrogens is 553 g/mol. The van der Waals surface area contributed by atoms with Crippen LogP contribution in [0.15, 0.2) is 24.5 Å². The topological polar surface area (TPSA) is 103 Å². The molecule has 1 N–H and O–H groups in total. The SMILES string of the molecule is COc1cc(C2CCC(C)CN2)cnc1C.COc1cc(C2CCC(C)CN2C(=O)C(=O)OCC(F)(F)F)cnc1C. The highest BCUT2D eigenvalue weighted by Gasteiger charge is 2.37. The number of likely N-dealkylation sites (tertiary alicyclic amines) is 1. The highest BCUT2D eigenvalue weighted by Crippen LogP contribution is 2.35. The van der Waals surface area contributed by atoms with E-state index in [-0.39, 0.29) is 12.5 Å². The van der Waals surface area contributed by atoms with Crippen molar-refractivity contribution >= 4 is 11.9 Å². The summed E-state index contributed by atoms with van der Waals surface area (Å²) < 4.78 is 51.3. The van der Waals surface area contributed by atoms with Crippen molar-refractivity contribution in [2.75, 3.05) is 33.9 Å². The molecule has 12 heteroatoms. The molecule has 4 unspecified atom stereocenters. The Morgan fingerprint density at radius 1 is 0.929 bits per heavy atom. The smallest absolute Gasteiger partial charge is 0.422 e. The first-order chi connectivity index (χ1) is 19.8. The van der Waals surface area contributed by atoms with Crippen LogP contribution in [0.2, 0.25) is 0 Å². The number of rotatable bonds is 5. The zero-order valence-corrected chi connectivity index (χ0v) is 25.1. The molecule has 2 aromatic heterocycles. The van der Waals surface area contributed by atoms with Gasteiger partial charge in [0.1, 0.15) is 11.5 Å². The molecule has 4 atom stereocenters. The van der Waals surface area contributed by atoms with Crippen LogP contribution in [0.3, 0.4) is 0 Å². The Kier molecular flexibility index (Phi) is 11.6. The van der Waals surface area contributed by atoms with E-state index >= 15 is 0 Å². The molecule has 0 spiro atoms. The van der Waals surface area contributed by atoms with Crippen molar-refractivity contribution in [3.8, 4) is 11.5 Å². The predicted octanol–water partition coefficient (Wildman–Crippen LogP) is 5.26. The van der Waals surface area contributed by atoms with E-state index in [0.717, 1.165) is 30.3 Å². The number of aryl methyl sites for hydroxylation is 2. The number of hydrogen-bond acceptors (Lipinski definition) is 8. The Bertz CT molecular complexity index is 1220. The quantitative estimate of drug-likeness (QED) is 0.369. The number of hydrogen-bond donors (Lipinski definition) is 1. The fourth-order valence-electron chi connectivity index (χ4n) is 5.18. The number of aromatic nitrogens is 2. The van der Waals surface area contributed by atoms with Gasteiger partial charge in [-0.3, -0.25) is 14.8 Å². The summed E-state index contributed by atoms with van der Waals surface area (Å²) in [5.41, 5.74) is 3.53. The molecular formula is C30H41F3N4O5. The summed E-state index contributed by atoms with van der Waals surface area (Å²) in [6.45, 7) is 7.50. The molecule has 2 aromatic rings. The number of ether oxygens (including phenoxy) is 3. The summed E-state index contributed by atoms with van der Waals surface area (Å²) in [4.78, 5) is 34.1. The van der Waals surface area contributed by atoms with Gasteiger partial charge in [-0.05, 0) is 81.2 Å². The normalized spacial score (nSPS) is 22.5.